The molecule has 0 amide bonds. The van der Waals surface area contributed by atoms with Gasteiger partial charge in [-0.1, -0.05) is 30.3 Å². The van der Waals surface area contributed by atoms with Gasteiger partial charge in [-0.15, -0.1) is 12.4 Å². The summed E-state index contributed by atoms with van der Waals surface area (Å²) in [6.07, 6.45) is 1.50. The predicted molar refractivity (Wildman–Crippen MR) is 108 cm³/mol. The molecule has 0 spiro atoms. The molecule has 1 unspecified atom stereocenters. The average Bonchev–Trinajstić information content (AvgIpc) is 2.59. The summed E-state index contributed by atoms with van der Waals surface area (Å²) < 4.78 is 12.4. The topological polar surface area (TPSA) is 55.8 Å². The molecular weight excluding hydrogens is 364 g/mol. The summed E-state index contributed by atoms with van der Waals surface area (Å²) in [6.45, 7) is 8.53. The molecule has 0 radical (unpaired) electrons. The standard InChI is InChI=1S/C22H26O4.ClH/c1-14-15(2)21-18(10-11-22(4,26-21)12-19(23)24)16(3)20(14)25-13-17-8-6-5-7-9-17;/h5-9H,10-13H2,1-4H3,(H,23,24);1H. The fourth-order valence-electron chi connectivity index (χ4n) is 3.67. The van der Waals surface area contributed by atoms with Gasteiger partial charge in [-0.25, -0.2) is 0 Å². The summed E-state index contributed by atoms with van der Waals surface area (Å²) in [5.41, 5.74) is 4.79. The molecule has 1 aliphatic heterocycles. The molecule has 2 aromatic rings. The molecule has 0 fully saturated rings. The number of halogens is 1. The monoisotopic (exact) mass is 390 g/mol. The summed E-state index contributed by atoms with van der Waals surface area (Å²) >= 11 is 0. The first-order valence-electron chi connectivity index (χ1n) is 9.01. The Morgan fingerprint density at radius 3 is 2.44 bits per heavy atom. The van der Waals surface area contributed by atoms with Crippen molar-refractivity contribution in [2.24, 2.45) is 0 Å². The first-order chi connectivity index (χ1) is 12.3. The molecule has 2 aromatic carbocycles. The lowest BCUT2D eigenvalue weighted by atomic mass is 9.85. The minimum Gasteiger partial charge on any atom is -0.488 e. The summed E-state index contributed by atoms with van der Waals surface area (Å²) in [5, 5.41) is 9.18. The van der Waals surface area contributed by atoms with Crippen LogP contribution in [0, 0.1) is 20.8 Å². The third-order valence-corrected chi connectivity index (χ3v) is 5.31. The number of fused-ring (bicyclic) bond motifs is 1. The minimum atomic E-state index is -0.829. The van der Waals surface area contributed by atoms with E-state index in [4.69, 9.17) is 9.47 Å². The molecule has 27 heavy (non-hydrogen) atoms. The quantitative estimate of drug-likeness (QED) is 0.765. The minimum absolute atomic E-state index is 0. The number of ether oxygens (including phenoxy) is 2. The van der Waals surface area contributed by atoms with E-state index in [0.29, 0.717) is 13.0 Å². The number of benzene rings is 2. The Morgan fingerprint density at radius 2 is 1.81 bits per heavy atom. The van der Waals surface area contributed by atoms with Gasteiger partial charge in [0.15, 0.2) is 0 Å². The number of hydrogen-bond acceptors (Lipinski definition) is 3. The van der Waals surface area contributed by atoms with Crippen LogP contribution in [0.25, 0.3) is 0 Å². The molecule has 0 aromatic heterocycles. The lowest BCUT2D eigenvalue weighted by Gasteiger charge is -2.37. The highest BCUT2D eigenvalue weighted by Crippen LogP contribution is 2.44. The Balaban J connectivity index is 0.00000261. The molecule has 3 rings (SSSR count). The third kappa shape index (κ3) is 4.38. The summed E-state index contributed by atoms with van der Waals surface area (Å²) in [5.74, 6) is 0.919. The lowest BCUT2D eigenvalue weighted by Crippen LogP contribution is -2.39. The van der Waals surface area contributed by atoms with E-state index in [9.17, 15) is 9.90 Å². The summed E-state index contributed by atoms with van der Waals surface area (Å²) in [6, 6.07) is 10.1. The van der Waals surface area contributed by atoms with Gasteiger partial charge in [0.2, 0.25) is 0 Å². The van der Waals surface area contributed by atoms with Gasteiger partial charge in [0.05, 0.1) is 6.42 Å². The van der Waals surface area contributed by atoms with E-state index < -0.39 is 11.6 Å². The second kappa shape index (κ2) is 8.22. The SMILES string of the molecule is Cc1c(C)c2c(c(C)c1OCc1ccccc1)CCC(C)(CC(=O)O)O2.Cl. The van der Waals surface area contributed by atoms with Crippen molar-refractivity contribution >= 4 is 18.4 Å². The molecule has 146 valence electrons. The Bertz CT molecular complexity index is 832. The van der Waals surface area contributed by atoms with Crippen molar-refractivity contribution in [1.82, 2.24) is 0 Å². The van der Waals surface area contributed by atoms with Crippen molar-refractivity contribution < 1.29 is 19.4 Å². The van der Waals surface area contributed by atoms with Crippen LogP contribution in [-0.4, -0.2) is 16.7 Å². The fourth-order valence-corrected chi connectivity index (χ4v) is 3.67. The second-order valence-corrected chi connectivity index (χ2v) is 7.41. The maximum Gasteiger partial charge on any atom is 0.307 e. The van der Waals surface area contributed by atoms with Crippen LogP contribution in [0.5, 0.6) is 11.5 Å². The largest absolute Gasteiger partial charge is 0.488 e. The number of aliphatic carboxylic acids is 1. The molecule has 1 heterocycles. The van der Waals surface area contributed by atoms with Gasteiger partial charge in [0, 0.05) is 5.56 Å². The molecule has 1 N–H and O–H groups in total. The normalized spacial score (nSPS) is 18.1. The second-order valence-electron chi connectivity index (χ2n) is 7.41. The van der Waals surface area contributed by atoms with Crippen LogP contribution in [0.3, 0.4) is 0 Å². The van der Waals surface area contributed by atoms with Gasteiger partial charge >= 0.3 is 5.97 Å². The number of carboxylic acids is 1. The first kappa shape index (κ1) is 21.1. The Kier molecular flexibility index (Phi) is 6.42. The van der Waals surface area contributed by atoms with Crippen molar-refractivity contribution in [1.29, 1.82) is 0 Å². The Labute approximate surface area is 166 Å². The van der Waals surface area contributed by atoms with Crippen molar-refractivity contribution in [3.05, 3.63) is 58.1 Å². The maximum atomic E-state index is 11.2. The number of hydrogen-bond donors (Lipinski definition) is 1. The molecule has 1 aliphatic rings. The Hall–Kier alpha value is -2.20. The van der Waals surface area contributed by atoms with Crippen molar-refractivity contribution in [3.8, 4) is 11.5 Å². The Morgan fingerprint density at radius 1 is 1.15 bits per heavy atom. The van der Waals surface area contributed by atoms with E-state index in [2.05, 4.69) is 19.1 Å². The number of carboxylic acid groups (broad SMARTS) is 1. The molecule has 1 atom stereocenters. The van der Waals surface area contributed by atoms with Crippen LogP contribution in [0.4, 0.5) is 0 Å². The fraction of sp³-hybridized carbons (Fsp3) is 0.409. The van der Waals surface area contributed by atoms with Crippen LogP contribution in [0.1, 0.15) is 47.6 Å². The van der Waals surface area contributed by atoms with E-state index in [-0.39, 0.29) is 18.8 Å². The third-order valence-electron chi connectivity index (χ3n) is 5.31. The summed E-state index contributed by atoms with van der Waals surface area (Å²) in [7, 11) is 0. The predicted octanol–water partition coefficient (Wildman–Crippen LogP) is 5.17. The first-order valence-corrected chi connectivity index (χ1v) is 9.01. The highest BCUT2D eigenvalue weighted by atomic mass is 35.5. The zero-order chi connectivity index (χ0) is 18.9. The van der Waals surface area contributed by atoms with E-state index >= 15 is 0 Å². The van der Waals surface area contributed by atoms with Crippen LogP contribution >= 0.6 is 12.4 Å². The smallest absolute Gasteiger partial charge is 0.307 e. The van der Waals surface area contributed by atoms with E-state index in [1.165, 1.54) is 0 Å². The van der Waals surface area contributed by atoms with Crippen LogP contribution < -0.4 is 9.47 Å². The molecule has 4 nitrogen and oxygen atoms in total. The zero-order valence-electron chi connectivity index (χ0n) is 16.3. The van der Waals surface area contributed by atoms with Gasteiger partial charge in [-0.2, -0.15) is 0 Å². The molecule has 0 saturated heterocycles. The van der Waals surface area contributed by atoms with Gasteiger partial charge in [-0.3, -0.25) is 4.79 Å². The van der Waals surface area contributed by atoms with Crippen molar-refractivity contribution in [2.75, 3.05) is 0 Å². The van der Waals surface area contributed by atoms with Gasteiger partial charge in [0.25, 0.3) is 0 Å². The van der Waals surface area contributed by atoms with Crippen molar-refractivity contribution in [2.45, 2.75) is 59.2 Å². The maximum absolute atomic E-state index is 11.2. The van der Waals surface area contributed by atoms with E-state index in [1.807, 2.05) is 39.0 Å². The van der Waals surface area contributed by atoms with Gasteiger partial charge in [-0.05, 0) is 62.8 Å². The molecule has 5 heteroatoms. The van der Waals surface area contributed by atoms with E-state index in [1.54, 1.807) is 0 Å². The van der Waals surface area contributed by atoms with Crippen LogP contribution in [-0.2, 0) is 17.8 Å². The zero-order valence-corrected chi connectivity index (χ0v) is 17.1. The number of rotatable bonds is 5. The summed E-state index contributed by atoms with van der Waals surface area (Å²) in [4.78, 5) is 11.2. The van der Waals surface area contributed by atoms with Crippen LogP contribution in [0.2, 0.25) is 0 Å². The van der Waals surface area contributed by atoms with Gasteiger partial charge < -0.3 is 14.6 Å². The highest BCUT2D eigenvalue weighted by molar-refractivity contribution is 5.85. The van der Waals surface area contributed by atoms with Gasteiger partial charge in [0.1, 0.15) is 23.7 Å². The van der Waals surface area contributed by atoms with E-state index in [0.717, 1.165) is 45.7 Å². The van der Waals surface area contributed by atoms with Crippen LogP contribution in [0.15, 0.2) is 30.3 Å². The molecule has 0 aliphatic carbocycles. The highest BCUT2D eigenvalue weighted by Gasteiger charge is 2.36. The van der Waals surface area contributed by atoms with Crippen molar-refractivity contribution in [3.63, 3.8) is 0 Å². The molecular formula is C22H27ClO4. The lowest BCUT2D eigenvalue weighted by molar-refractivity contribution is -0.141. The molecule has 0 saturated carbocycles. The number of carbonyl (C=O) groups is 1. The average molecular weight is 391 g/mol. The molecule has 0 bridgehead atoms.